The second-order valence-electron chi connectivity index (χ2n) is 6.38. The molecule has 25 heavy (non-hydrogen) atoms. The first-order chi connectivity index (χ1) is 12.0. The van der Waals surface area contributed by atoms with Crippen LogP contribution in [-0.4, -0.2) is 33.5 Å². The van der Waals surface area contributed by atoms with Gasteiger partial charge in [-0.25, -0.2) is 13.1 Å². The van der Waals surface area contributed by atoms with Crippen molar-refractivity contribution >= 4 is 15.9 Å². The second-order valence-corrected chi connectivity index (χ2v) is 8.14. The fraction of sp³-hybridized carbons (Fsp3) is 0.611. The second kappa shape index (κ2) is 9.77. The lowest BCUT2D eigenvalue weighted by molar-refractivity contribution is -0.119. The molecule has 7 heteroatoms. The van der Waals surface area contributed by atoms with Gasteiger partial charge in [-0.1, -0.05) is 19.8 Å². The number of ether oxygens (including phenoxy) is 1. The van der Waals surface area contributed by atoms with Crippen LogP contribution in [0.2, 0.25) is 0 Å². The maximum Gasteiger partial charge on any atom is 0.241 e. The van der Waals surface area contributed by atoms with E-state index in [1.54, 1.807) is 12.1 Å². The van der Waals surface area contributed by atoms with Crippen molar-refractivity contribution in [1.82, 2.24) is 10.0 Å². The van der Waals surface area contributed by atoms with E-state index in [9.17, 15) is 13.2 Å². The molecule has 0 spiro atoms. The topological polar surface area (TPSA) is 84.5 Å². The molecule has 2 rings (SSSR count). The van der Waals surface area contributed by atoms with Crippen LogP contribution in [0.3, 0.4) is 0 Å². The van der Waals surface area contributed by atoms with Gasteiger partial charge in [-0.2, -0.15) is 0 Å². The highest BCUT2D eigenvalue weighted by Crippen LogP contribution is 2.24. The van der Waals surface area contributed by atoms with Crippen molar-refractivity contribution in [3.63, 3.8) is 0 Å². The number of hydrogen-bond donors (Lipinski definition) is 2. The van der Waals surface area contributed by atoms with Crippen molar-refractivity contribution in [2.75, 3.05) is 13.1 Å². The Morgan fingerprint density at radius 1 is 1.16 bits per heavy atom. The highest BCUT2D eigenvalue weighted by Gasteiger charge is 2.18. The molecule has 1 amide bonds. The molecule has 0 bridgehead atoms. The van der Waals surface area contributed by atoms with Gasteiger partial charge in [-0.05, 0) is 56.4 Å². The van der Waals surface area contributed by atoms with Crippen LogP contribution in [0.15, 0.2) is 29.2 Å². The Bertz CT molecular complexity index is 638. The zero-order valence-corrected chi connectivity index (χ0v) is 15.6. The highest BCUT2D eigenvalue weighted by atomic mass is 32.2. The van der Waals surface area contributed by atoms with Gasteiger partial charge in [0.2, 0.25) is 15.9 Å². The maximum atomic E-state index is 12.2. The van der Waals surface area contributed by atoms with E-state index in [-0.39, 0.29) is 23.5 Å². The Morgan fingerprint density at radius 3 is 2.48 bits per heavy atom. The highest BCUT2D eigenvalue weighted by molar-refractivity contribution is 7.89. The molecule has 1 aromatic rings. The molecule has 2 N–H and O–H groups in total. The third-order valence-electron chi connectivity index (χ3n) is 4.26. The average Bonchev–Trinajstić information content (AvgIpc) is 3.10. The third kappa shape index (κ3) is 6.66. The summed E-state index contributed by atoms with van der Waals surface area (Å²) in [5, 5.41) is 2.71. The number of rotatable bonds is 10. The smallest absolute Gasteiger partial charge is 0.241 e. The van der Waals surface area contributed by atoms with E-state index in [4.69, 9.17) is 4.74 Å². The maximum absolute atomic E-state index is 12.2. The molecule has 1 aliphatic carbocycles. The van der Waals surface area contributed by atoms with E-state index < -0.39 is 10.0 Å². The van der Waals surface area contributed by atoms with Crippen LogP contribution in [0.25, 0.3) is 0 Å². The first kappa shape index (κ1) is 19.7. The minimum absolute atomic E-state index is 0.130. The van der Waals surface area contributed by atoms with Gasteiger partial charge in [0.25, 0.3) is 0 Å². The number of carbonyl (C=O) groups is 1. The van der Waals surface area contributed by atoms with E-state index in [1.165, 1.54) is 25.0 Å². The molecule has 0 radical (unpaired) electrons. The van der Waals surface area contributed by atoms with Crippen molar-refractivity contribution in [3.05, 3.63) is 24.3 Å². The molecular weight excluding hydrogens is 340 g/mol. The van der Waals surface area contributed by atoms with Crippen LogP contribution in [0.5, 0.6) is 5.75 Å². The molecule has 1 aromatic carbocycles. The summed E-state index contributed by atoms with van der Waals surface area (Å²) in [6.07, 6.45) is 7.71. The zero-order chi connectivity index (χ0) is 18.1. The van der Waals surface area contributed by atoms with E-state index in [1.807, 2.05) is 0 Å². The summed E-state index contributed by atoms with van der Waals surface area (Å²) in [6, 6.07) is 6.34. The number of unbranched alkanes of at least 4 members (excludes halogenated alkanes) is 2. The lowest BCUT2D eigenvalue weighted by Gasteiger charge is -2.13. The van der Waals surface area contributed by atoms with Crippen molar-refractivity contribution in [3.8, 4) is 5.75 Å². The number of nitrogens with one attached hydrogen (secondary N) is 2. The molecule has 0 saturated heterocycles. The summed E-state index contributed by atoms with van der Waals surface area (Å²) in [5.41, 5.74) is 0. The zero-order valence-electron chi connectivity index (χ0n) is 14.8. The van der Waals surface area contributed by atoms with Gasteiger partial charge in [-0.3, -0.25) is 4.79 Å². The van der Waals surface area contributed by atoms with Crippen molar-refractivity contribution in [2.24, 2.45) is 0 Å². The molecule has 140 valence electrons. The first-order valence-electron chi connectivity index (χ1n) is 9.04. The van der Waals surface area contributed by atoms with Crippen LogP contribution >= 0.6 is 0 Å². The molecule has 1 saturated carbocycles. The van der Waals surface area contributed by atoms with Gasteiger partial charge >= 0.3 is 0 Å². The summed E-state index contributed by atoms with van der Waals surface area (Å²) in [7, 11) is -3.70. The van der Waals surface area contributed by atoms with Gasteiger partial charge in [0, 0.05) is 6.54 Å². The Hall–Kier alpha value is -1.60. The van der Waals surface area contributed by atoms with E-state index in [0.29, 0.717) is 12.3 Å². The summed E-state index contributed by atoms with van der Waals surface area (Å²) >= 11 is 0. The number of carbonyl (C=O) groups excluding carboxylic acids is 1. The molecule has 1 fully saturated rings. The predicted octanol–water partition coefficient (Wildman–Crippen LogP) is 2.59. The van der Waals surface area contributed by atoms with Crippen molar-refractivity contribution in [2.45, 2.75) is 62.9 Å². The summed E-state index contributed by atoms with van der Waals surface area (Å²) in [5.74, 6) is 0.361. The number of amides is 1. The average molecular weight is 368 g/mol. The fourth-order valence-electron chi connectivity index (χ4n) is 2.81. The van der Waals surface area contributed by atoms with E-state index in [2.05, 4.69) is 17.0 Å². The lowest BCUT2D eigenvalue weighted by Crippen LogP contribution is -2.37. The largest absolute Gasteiger partial charge is 0.490 e. The summed E-state index contributed by atoms with van der Waals surface area (Å²) in [4.78, 5) is 11.8. The molecule has 0 aliphatic heterocycles. The monoisotopic (exact) mass is 368 g/mol. The molecule has 6 nitrogen and oxygen atoms in total. The molecule has 1 aliphatic rings. The minimum atomic E-state index is -3.70. The summed E-state index contributed by atoms with van der Waals surface area (Å²) in [6.45, 7) is 2.40. The Kier molecular flexibility index (Phi) is 7.71. The number of hydrogen-bond acceptors (Lipinski definition) is 4. The van der Waals surface area contributed by atoms with Crippen LogP contribution in [-0.2, 0) is 14.8 Å². The Balaban J connectivity index is 1.81. The Labute approximate surface area is 150 Å². The van der Waals surface area contributed by atoms with Crippen LogP contribution < -0.4 is 14.8 Å². The molecule has 0 unspecified atom stereocenters. The molecular formula is C18H28N2O4S. The normalized spacial score (nSPS) is 15.2. The van der Waals surface area contributed by atoms with E-state index in [0.717, 1.165) is 32.1 Å². The van der Waals surface area contributed by atoms with Crippen molar-refractivity contribution in [1.29, 1.82) is 0 Å². The van der Waals surface area contributed by atoms with Gasteiger partial charge in [0.1, 0.15) is 5.75 Å². The Morgan fingerprint density at radius 2 is 1.84 bits per heavy atom. The SMILES string of the molecule is CCCCCNC(=O)CNS(=O)(=O)c1ccc(OC2CCCC2)cc1. The quantitative estimate of drug-likeness (QED) is 0.622. The predicted molar refractivity (Wildman–Crippen MR) is 97.0 cm³/mol. The third-order valence-corrected chi connectivity index (χ3v) is 5.68. The molecule has 0 heterocycles. The minimum Gasteiger partial charge on any atom is -0.490 e. The van der Waals surface area contributed by atoms with Crippen LogP contribution in [0.1, 0.15) is 51.9 Å². The van der Waals surface area contributed by atoms with Crippen LogP contribution in [0.4, 0.5) is 0 Å². The van der Waals surface area contributed by atoms with Crippen LogP contribution in [0, 0.1) is 0 Å². The summed E-state index contributed by atoms with van der Waals surface area (Å²) < 4.78 is 32.6. The fourth-order valence-corrected chi connectivity index (χ4v) is 3.79. The lowest BCUT2D eigenvalue weighted by atomic mass is 10.2. The van der Waals surface area contributed by atoms with Gasteiger partial charge in [0.05, 0.1) is 17.5 Å². The number of benzene rings is 1. The first-order valence-corrected chi connectivity index (χ1v) is 10.5. The standard InChI is InChI=1S/C18H28N2O4S/c1-2-3-6-13-19-18(21)14-20-25(22,23)17-11-9-16(10-12-17)24-15-7-4-5-8-15/h9-12,15,20H,2-8,13-14H2,1H3,(H,19,21). The van der Waals surface area contributed by atoms with E-state index >= 15 is 0 Å². The van der Waals surface area contributed by atoms with Crippen molar-refractivity contribution < 1.29 is 17.9 Å². The van der Waals surface area contributed by atoms with Gasteiger partial charge in [0.15, 0.2) is 0 Å². The van der Waals surface area contributed by atoms with Gasteiger partial charge < -0.3 is 10.1 Å². The number of sulfonamides is 1. The molecule has 0 aromatic heterocycles. The molecule has 0 atom stereocenters. The van der Waals surface area contributed by atoms with Gasteiger partial charge in [-0.15, -0.1) is 0 Å².